The van der Waals surface area contributed by atoms with E-state index in [0.717, 1.165) is 11.2 Å². The number of amides is 2. The maximum Gasteiger partial charge on any atom is 0.266 e. The Bertz CT molecular complexity index is 1040. The van der Waals surface area contributed by atoms with Crippen LogP contribution in [0.5, 0.6) is 5.75 Å². The number of fused-ring (bicyclic) bond motifs is 2. The van der Waals surface area contributed by atoms with E-state index < -0.39 is 0 Å². The summed E-state index contributed by atoms with van der Waals surface area (Å²) >= 11 is 0. The van der Waals surface area contributed by atoms with Crippen molar-refractivity contribution >= 4 is 28.5 Å². The number of nitrogens with zero attached hydrogens (tertiary/aromatic N) is 4. The number of carbonyl (C=O) groups is 2. The molecule has 144 valence electrons. The lowest BCUT2D eigenvalue weighted by Gasteiger charge is -2.29. The number of anilines is 1. The Balaban J connectivity index is 1.44. The van der Waals surface area contributed by atoms with Crippen molar-refractivity contribution in [2.75, 3.05) is 31.6 Å². The third-order valence-electron chi connectivity index (χ3n) is 5.05. The minimum Gasteiger partial charge on any atom is -0.480 e. The molecule has 1 aromatic carbocycles. The SMILES string of the molecule is Cc1cc2ccccc2n1CCN(C)C(=O)CN1C(=O)COc2cccnc21. The smallest absolute Gasteiger partial charge is 0.266 e. The molecule has 7 heteroatoms. The number of benzene rings is 1. The molecule has 3 aromatic rings. The molecule has 0 N–H and O–H groups in total. The van der Waals surface area contributed by atoms with Gasteiger partial charge in [-0.05, 0) is 36.6 Å². The van der Waals surface area contributed by atoms with Crippen molar-refractivity contribution in [2.45, 2.75) is 13.5 Å². The van der Waals surface area contributed by atoms with E-state index in [1.54, 1.807) is 30.3 Å². The molecule has 0 fully saturated rings. The first-order valence-electron chi connectivity index (χ1n) is 9.21. The summed E-state index contributed by atoms with van der Waals surface area (Å²) in [7, 11) is 1.76. The van der Waals surface area contributed by atoms with Crippen LogP contribution >= 0.6 is 0 Å². The number of hydrogen-bond acceptors (Lipinski definition) is 4. The van der Waals surface area contributed by atoms with Crippen LogP contribution in [0.2, 0.25) is 0 Å². The number of aromatic nitrogens is 2. The predicted molar refractivity (Wildman–Crippen MR) is 106 cm³/mol. The van der Waals surface area contributed by atoms with Crippen molar-refractivity contribution in [1.82, 2.24) is 14.5 Å². The number of rotatable bonds is 5. The van der Waals surface area contributed by atoms with Gasteiger partial charge in [0.2, 0.25) is 5.91 Å². The van der Waals surface area contributed by atoms with E-state index in [1.807, 2.05) is 12.1 Å². The molecule has 0 spiro atoms. The number of pyridine rings is 1. The Labute approximate surface area is 163 Å². The molecular weight excluding hydrogens is 356 g/mol. The van der Waals surface area contributed by atoms with Gasteiger partial charge in [0.1, 0.15) is 6.54 Å². The van der Waals surface area contributed by atoms with Gasteiger partial charge in [0.15, 0.2) is 18.2 Å². The van der Waals surface area contributed by atoms with Crippen LogP contribution in [0, 0.1) is 6.92 Å². The first-order chi connectivity index (χ1) is 13.5. The van der Waals surface area contributed by atoms with E-state index in [2.05, 4.69) is 34.7 Å². The van der Waals surface area contributed by atoms with Crippen LogP contribution in [0.4, 0.5) is 5.82 Å². The zero-order valence-corrected chi connectivity index (χ0v) is 16.0. The lowest BCUT2D eigenvalue weighted by Crippen LogP contribution is -2.46. The molecular formula is C21H22N4O3. The maximum atomic E-state index is 12.7. The van der Waals surface area contributed by atoms with Crippen molar-refractivity contribution in [3.05, 3.63) is 54.4 Å². The number of carbonyl (C=O) groups excluding carboxylic acids is 2. The number of aryl methyl sites for hydroxylation is 1. The Morgan fingerprint density at radius 1 is 1.25 bits per heavy atom. The Morgan fingerprint density at radius 2 is 2.07 bits per heavy atom. The molecule has 1 aliphatic rings. The van der Waals surface area contributed by atoms with Gasteiger partial charge in [0, 0.05) is 37.5 Å². The number of hydrogen-bond donors (Lipinski definition) is 0. The minimum atomic E-state index is -0.264. The summed E-state index contributed by atoms with van der Waals surface area (Å²) in [4.78, 5) is 32.2. The number of para-hydroxylation sites is 1. The zero-order valence-electron chi connectivity index (χ0n) is 16.0. The van der Waals surface area contributed by atoms with Crippen molar-refractivity contribution < 1.29 is 14.3 Å². The van der Waals surface area contributed by atoms with Crippen molar-refractivity contribution in [2.24, 2.45) is 0 Å². The molecule has 3 heterocycles. The molecule has 4 rings (SSSR count). The highest BCUT2D eigenvalue weighted by Crippen LogP contribution is 2.28. The second-order valence-electron chi connectivity index (χ2n) is 6.91. The monoisotopic (exact) mass is 378 g/mol. The predicted octanol–water partition coefficient (Wildman–Crippen LogP) is 2.23. The second kappa shape index (κ2) is 7.34. The van der Waals surface area contributed by atoms with Gasteiger partial charge in [-0.15, -0.1) is 0 Å². The average Bonchev–Trinajstić information content (AvgIpc) is 3.03. The number of ether oxygens (including phenoxy) is 1. The summed E-state index contributed by atoms with van der Waals surface area (Å²) < 4.78 is 7.58. The fourth-order valence-corrected chi connectivity index (χ4v) is 3.47. The first-order valence-corrected chi connectivity index (χ1v) is 9.21. The standard InChI is InChI=1S/C21H22N4O3/c1-15-12-16-6-3-4-7-17(16)24(15)11-10-23(2)19(26)13-25-20(27)14-28-18-8-5-9-22-21(18)25/h3-9,12H,10-11,13-14H2,1-2H3. The van der Waals surface area contributed by atoms with Crippen molar-refractivity contribution in [3.8, 4) is 5.75 Å². The van der Waals surface area contributed by atoms with Gasteiger partial charge < -0.3 is 14.2 Å². The largest absolute Gasteiger partial charge is 0.480 e. The molecule has 0 atom stereocenters. The van der Waals surface area contributed by atoms with Crippen LogP contribution in [-0.4, -0.2) is 53.0 Å². The third-order valence-corrected chi connectivity index (χ3v) is 5.05. The summed E-state index contributed by atoms with van der Waals surface area (Å²) in [5.41, 5.74) is 2.31. The molecule has 0 aliphatic carbocycles. The molecule has 2 amide bonds. The van der Waals surface area contributed by atoms with Gasteiger partial charge in [-0.3, -0.25) is 14.5 Å². The third kappa shape index (κ3) is 3.31. The molecule has 0 unspecified atom stereocenters. The fourth-order valence-electron chi connectivity index (χ4n) is 3.47. The minimum absolute atomic E-state index is 0.0475. The van der Waals surface area contributed by atoms with Crippen LogP contribution in [0.1, 0.15) is 5.69 Å². The summed E-state index contributed by atoms with van der Waals surface area (Å²) in [6.45, 7) is 3.18. The lowest BCUT2D eigenvalue weighted by atomic mass is 10.2. The van der Waals surface area contributed by atoms with Crippen LogP contribution in [0.3, 0.4) is 0 Å². The summed E-state index contributed by atoms with van der Waals surface area (Å²) in [5, 5.41) is 1.19. The van der Waals surface area contributed by atoms with Crippen LogP contribution in [0.25, 0.3) is 10.9 Å². The van der Waals surface area contributed by atoms with Gasteiger partial charge in [0.25, 0.3) is 5.91 Å². The Kier molecular flexibility index (Phi) is 4.73. The lowest BCUT2D eigenvalue weighted by molar-refractivity contribution is -0.131. The van der Waals surface area contributed by atoms with E-state index in [0.29, 0.717) is 24.7 Å². The van der Waals surface area contributed by atoms with Gasteiger partial charge in [-0.2, -0.15) is 0 Å². The topological polar surface area (TPSA) is 67.7 Å². The fraction of sp³-hybridized carbons (Fsp3) is 0.286. The van der Waals surface area contributed by atoms with Gasteiger partial charge in [-0.1, -0.05) is 18.2 Å². The van der Waals surface area contributed by atoms with E-state index in [-0.39, 0.29) is 25.0 Å². The maximum absolute atomic E-state index is 12.7. The number of likely N-dealkylation sites (N-methyl/N-ethyl adjacent to an activating group) is 1. The summed E-state index contributed by atoms with van der Waals surface area (Å²) in [6.07, 6.45) is 1.59. The molecule has 0 saturated heterocycles. The average molecular weight is 378 g/mol. The summed E-state index contributed by atoms with van der Waals surface area (Å²) in [6, 6.07) is 13.8. The molecule has 0 bridgehead atoms. The molecule has 2 aromatic heterocycles. The van der Waals surface area contributed by atoms with Crippen LogP contribution < -0.4 is 9.64 Å². The van der Waals surface area contributed by atoms with Gasteiger partial charge >= 0.3 is 0 Å². The van der Waals surface area contributed by atoms with E-state index in [1.165, 1.54) is 10.3 Å². The highest BCUT2D eigenvalue weighted by molar-refractivity contribution is 6.01. The summed E-state index contributed by atoms with van der Waals surface area (Å²) in [5.74, 6) is 0.515. The normalized spacial score (nSPS) is 13.4. The van der Waals surface area contributed by atoms with E-state index >= 15 is 0 Å². The van der Waals surface area contributed by atoms with E-state index in [4.69, 9.17) is 4.74 Å². The van der Waals surface area contributed by atoms with Gasteiger partial charge in [0.05, 0.1) is 0 Å². The zero-order chi connectivity index (χ0) is 19.7. The Hall–Kier alpha value is -3.35. The molecule has 0 radical (unpaired) electrons. The second-order valence-corrected chi connectivity index (χ2v) is 6.91. The molecule has 1 aliphatic heterocycles. The highest BCUT2D eigenvalue weighted by Gasteiger charge is 2.29. The highest BCUT2D eigenvalue weighted by atomic mass is 16.5. The quantitative estimate of drug-likeness (QED) is 0.683. The molecule has 28 heavy (non-hydrogen) atoms. The van der Waals surface area contributed by atoms with E-state index in [9.17, 15) is 9.59 Å². The molecule has 7 nitrogen and oxygen atoms in total. The first kappa shape index (κ1) is 18.0. The molecule has 0 saturated carbocycles. The van der Waals surface area contributed by atoms with Crippen molar-refractivity contribution in [1.29, 1.82) is 0 Å². The van der Waals surface area contributed by atoms with Crippen LogP contribution in [0.15, 0.2) is 48.7 Å². The van der Waals surface area contributed by atoms with Crippen molar-refractivity contribution in [3.63, 3.8) is 0 Å². The van der Waals surface area contributed by atoms with Crippen LogP contribution in [-0.2, 0) is 16.1 Å². The van der Waals surface area contributed by atoms with Gasteiger partial charge in [-0.25, -0.2) is 4.98 Å². The Morgan fingerprint density at radius 3 is 2.93 bits per heavy atom.